The number of carboxylic acid groups (broad SMARTS) is 1. The fraction of sp³-hybridized carbons (Fsp3) is 0.273. The normalized spacial score (nSPS) is 9.67. The monoisotopic (exact) mass is 251 g/mol. The third-order valence-corrected chi connectivity index (χ3v) is 2.21. The van der Waals surface area contributed by atoms with Crippen LogP contribution in [0, 0.1) is 0 Å². The van der Waals surface area contributed by atoms with Crippen molar-refractivity contribution in [3.63, 3.8) is 0 Å². The van der Waals surface area contributed by atoms with Crippen LogP contribution in [0.15, 0.2) is 18.3 Å². The van der Waals surface area contributed by atoms with E-state index >= 15 is 0 Å². The van der Waals surface area contributed by atoms with Crippen LogP contribution < -0.4 is 5.32 Å². The second kappa shape index (κ2) is 5.76. The Balaban J connectivity index is 2.76. The van der Waals surface area contributed by atoms with Gasteiger partial charge >= 0.3 is 5.97 Å². The highest BCUT2D eigenvalue weighted by Gasteiger charge is 2.14. The summed E-state index contributed by atoms with van der Waals surface area (Å²) in [6, 6.07) is 2.79. The number of amides is 2. The molecule has 0 spiro atoms. The van der Waals surface area contributed by atoms with Crippen molar-refractivity contribution in [2.75, 3.05) is 18.9 Å². The van der Waals surface area contributed by atoms with Crippen molar-refractivity contribution < 1.29 is 19.5 Å². The standard InChI is InChI=1S/C11H13N3O4/c1-7(15)14(2)6-9(16)13-10-8(11(17)18)4-3-5-12-10/h3-5H,6H2,1-2H3,(H,17,18)(H,12,13,16). The molecule has 0 aromatic carbocycles. The molecule has 0 unspecified atom stereocenters. The van der Waals surface area contributed by atoms with E-state index in [9.17, 15) is 14.4 Å². The van der Waals surface area contributed by atoms with E-state index in [4.69, 9.17) is 5.11 Å². The van der Waals surface area contributed by atoms with Gasteiger partial charge in [-0.3, -0.25) is 9.59 Å². The SMILES string of the molecule is CC(=O)N(C)CC(=O)Nc1ncccc1C(=O)O. The van der Waals surface area contributed by atoms with Gasteiger partial charge in [-0.2, -0.15) is 0 Å². The largest absolute Gasteiger partial charge is 0.478 e. The van der Waals surface area contributed by atoms with Gasteiger partial charge in [-0.25, -0.2) is 9.78 Å². The number of nitrogens with zero attached hydrogens (tertiary/aromatic N) is 2. The molecule has 0 atom stereocenters. The summed E-state index contributed by atoms with van der Waals surface area (Å²) in [5.74, 6) is -1.98. The Morgan fingerprint density at radius 2 is 2.11 bits per heavy atom. The molecule has 96 valence electrons. The Hall–Kier alpha value is -2.44. The van der Waals surface area contributed by atoms with Gasteiger partial charge in [0.15, 0.2) is 0 Å². The van der Waals surface area contributed by atoms with Crippen LogP contribution in [0.3, 0.4) is 0 Å². The van der Waals surface area contributed by atoms with E-state index in [0.29, 0.717) is 0 Å². The number of carboxylic acids is 1. The van der Waals surface area contributed by atoms with Gasteiger partial charge in [-0.1, -0.05) is 0 Å². The first kappa shape index (κ1) is 13.6. The van der Waals surface area contributed by atoms with Gasteiger partial charge in [0.25, 0.3) is 0 Å². The van der Waals surface area contributed by atoms with Crippen LogP contribution in [0.5, 0.6) is 0 Å². The average molecular weight is 251 g/mol. The zero-order valence-corrected chi connectivity index (χ0v) is 10.0. The number of likely N-dealkylation sites (N-methyl/N-ethyl adjacent to an activating group) is 1. The first-order chi connectivity index (χ1) is 8.41. The first-order valence-corrected chi connectivity index (χ1v) is 5.11. The fourth-order valence-corrected chi connectivity index (χ4v) is 1.18. The Bertz CT molecular complexity index is 487. The number of carbonyl (C=O) groups excluding carboxylic acids is 2. The van der Waals surface area contributed by atoms with Crippen molar-refractivity contribution in [3.05, 3.63) is 23.9 Å². The minimum absolute atomic E-state index is 0.0352. The number of carbonyl (C=O) groups is 3. The second-order valence-electron chi connectivity index (χ2n) is 3.63. The summed E-state index contributed by atoms with van der Waals surface area (Å²) < 4.78 is 0. The number of pyridine rings is 1. The Morgan fingerprint density at radius 3 is 2.67 bits per heavy atom. The number of rotatable bonds is 4. The third-order valence-electron chi connectivity index (χ3n) is 2.21. The minimum Gasteiger partial charge on any atom is -0.478 e. The highest BCUT2D eigenvalue weighted by molar-refractivity contribution is 6.00. The lowest BCUT2D eigenvalue weighted by molar-refractivity contribution is -0.131. The van der Waals surface area contributed by atoms with E-state index in [2.05, 4.69) is 10.3 Å². The molecule has 7 heteroatoms. The van der Waals surface area contributed by atoms with Crippen molar-refractivity contribution in [1.82, 2.24) is 9.88 Å². The van der Waals surface area contributed by atoms with E-state index in [1.165, 1.54) is 37.2 Å². The molecular weight excluding hydrogens is 238 g/mol. The molecule has 0 bridgehead atoms. The lowest BCUT2D eigenvalue weighted by Gasteiger charge is -2.14. The maximum Gasteiger partial charge on any atom is 0.339 e. The van der Waals surface area contributed by atoms with Crippen LogP contribution in [0.2, 0.25) is 0 Å². The van der Waals surface area contributed by atoms with Gasteiger partial charge in [0.2, 0.25) is 11.8 Å². The van der Waals surface area contributed by atoms with Crippen molar-refractivity contribution >= 4 is 23.6 Å². The first-order valence-electron chi connectivity index (χ1n) is 5.11. The molecule has 2 amide bonds. The number of aromatic nitrogens is 1. The van der Waals surface area contributed by atoms with Gasteiger partial charge in [0, 0.05) is 20.2 Å². The highest BCUT2D eigenvalue weighted by atomic mass is 16.4. The summed E-state index contributed by atoms with van der Waals surface area (Å²) in [6.07, 6.45) is 1.37. The maximum atomic E-state index is 11.6. The quantitative estimate of drug-likeness (QED) is 0.796. The van der Waals surface area contributed by atoms with Crippen molar-refractivity contribution in [3.8, 4) is 0 Å². The lowest BCUT2D eigenvalue weighted by Crippen LogP contribution is -2.33. The molecule has 18 heavy (non-hydrogen) atoms. The summed E-state index contributed by atoms with van der Waals surface area (Å²) in [4.78, 5) is 38.4. The van der Waals surface area contributed by atoms with Gasteiger partial charge < -0.3 is 15.3 Å². The maximum absolute atomic E-state index is 11.6. The van der Waals surface area contributed by atoms with Crippen LogP contribution in [0.25, 0.3) is 0 Å². The molecule has 0 fully saturated rings. The predicted octanol–water partition coefficient (Wildman–Crippen LogP) is 0.197. The fourth-order valence-electron chi connectivity index (χ4n) is 1.18. The lowest BCUT2D eigenvalue weighted by atomic mass is 10.2. The van der Waals surface area contributed by atoms with E-state index in [1.54, 1.807) is 0 Å². The topological polar surface area (TPSA) is 99.6 Å². The second-order valence-corrected chi connectivity index (χ2v) is 3.63. The molecule has 0 saturated carbocycles. The van der Waals surface area contributed by atoms with Crippen molar-refractivity contribution in [2.45, 2.75) is 6.92 Å². The van der Waals surface area contributed by atoms with E-state index < -0.39 is 11.9 Å². The molecule has 1 aromatic heterocycles. The number of hydrogen-bond acceptors (Lipinski definition) is 4. The molecule has 1 aromatic rings. The molecule has 7 nitrogen and oxygen atoms in total. The average Bonchev–Trinajstić information content (AvgIpc) is 2.28. The van der Waals surface area contributed by atoms with Gasteiger partial charge in [0.1, 0.15) is 11.4 Å². The van der Waals surface area contributed by atoms with Crippen LogP contribution in [0.1, 0.15) is 17.3 Å². The number of anilines is 1. The molecule has 1 rings (SSSR count). The van der Waals surface area contributed by atoms with Gasteiger partial charge in [-0.15, -0.1) is 0 Å². The van der Waals surface area contributed by atoms with Crippen LogP contribution in [0.4, 0.5) is 5.82 Å². The number of aromatic carboxylic acids is 1. The third kappa shape index (κ3) is 3.55. The van der Waals surface area contributed by atoms with Gasteiger partial charge in [-0.05, 0) is 12.1 Å². The summed E-state index contributed by atoms with van der Waals surface area (Å²) in [6.45, 7) is 1.17. The summed E-state index contributed by atoms with van der Waals surface area (Å²) in [7, 11) is 1.47. The van der Waals surface area contributed by atoms with E-state index in [1.807, 2.05) is 0 Å². The highest BCUT2D eigenvalue weighted by Crippen LogP contribution is 2.10. The minimum atomic E-state index is -1.18. The van der Waals surface area contributed by atoms with E-state index in [-0.39, 0.29) is 23.8 Å². The van der Waals surface area contributed by atoms with Crippen molar-refractivity contribution in [1.29, 1.82) is 0 Å². The molecule has 0 saturated heterocycles. The summed E-state index contributed by atoms with van der Waals surface area (Å²) in [5.41, 5.74) is -0.101. The number of hydrogen-bond donors (Lipinski definition) is 2. The molecule has 0 aliphatic carbocycles. The van der Waals surface area contributed by atoms with E-state index in [0.717, 1.165) is 0 Å². The molecule has 0 radical (unpaired) electrons. The summed E-state index contributed by atoms with van der Waals surface area (Å²) in [5, 5.41) is 11.2. The zero-order valence-electron chi connectivity index (χ0n) is 10.0. The molecular formula is C11H13N3O4. The molecule has 0 aliphatic heterocycles. The molecule has 2 N–H and O–H groups in total. The van der Waals surface area contributed by atoms with Gasteiger partial charge in [0.05, 0.1) is 6.54 Å². The predicted molar refractivity (Wildman–Crippen MR) is 63.1 cm³/mol. The van der Waals surface area contributed by atoms with Crippen molar-refractivity contribution in [2.24, 2.45) is 0 Å². The smallest absolute Gasteiger partial charge is 0.339 e. The number of nitrogens with one attached hydrogen (secondary N) is 1. The van der Waals surface area contributed by atoms with Crippen LogP contribution >= 0.6 is 0 Å². The Labute approximate surface area is 103 Å². The summed E-state index contributed by atoms with van der Waals surface area (Å²) >= 11 is 0. The van der Waals surface area contributed by atoms with Crippen LogP contribution in [-0.2, 0) is 9.59 Å². The zero-order chi connectivity index (χ0) is 13.7. The molecule has 0 aliphatic rings. The Morgan fingerprint density at radius 1 is 1.44 bits per heavy atom. The Kier molecular flexibility index (Phi) is 4.36. The molecule has 1 heterocycles. The van der Waals surface area contributed by atoms with Crippen LogP contribution in [-0.4, -0.2) is 46.4 Å².